The predicted octanol–water partition coefficient (Wildman–Crippen LogP) is 4.21. The zero-order valence-corrected chi connectivity index (χ0v) is 12.5. The van der Waals surface area contributed by atoms with E-state index in [-0.39, 0.29) is 10.9 Å². The van der Waals surface area contributed by atoms with Gasteiger partial charge in [0.15, 0.2) is 11.5 Å². The monoisotopic (exact) mass is 298 g/mol. The maximum Gasteiger partial charge on any atom is 0.219 e. The molecule has 3 nitrogen and oxygen atoms in total. The fourth-order valence-corrected chi connectivity index (χ4v) is 2.89. The van der Waals surface area contributed by atoms with Crippen LogP contribution in [0.5, 0.6) is 11.5 Å². The Hall–Kier alpha value is -2.20. The number of fused-ring (bicyclic) bond motifs is 2. The summed E-state index contributed by atoms with van der Waals surface area (Å²) < 4.78 is 5.19. The zero-order valence-electron chi connectivity index (χ0n) is 11.7. The molecule has 0 aliphatic carbocycles. The van der Waals surface area contributed by atoms with E-state index >= 15 is 0 Å². The Labute approximate surface area is 126 Å². The van der Waals surface area contributed by atoms with Gasteiger partial charge in [0, 0.05) is 10.9 Å². The topological polar surface area (TPSA) is 46.5 Å². The Balaban J connectivity index is 2.47. The molecule has 0 aliphatic heterocycles. The van der Waals surface area contributed by atoms with E-state index in [4.69, 9.17) is 4.74 Å². The maximum absolute atomic E-state index is 12.2. The normalized spacial score (nSPS) is 11.0. The van der Waals surface area contributed by atoms with Gasteiger partial charge in [0.05, 0.1) is 7.11 Å². The average Bonchev–Trinajstić information content (AvgIpc) is 2.53. The number of rotatable bonds is 2. The number of aromatic hydroxyl groups is 1. The third-order valence-corrected chi connectivity index (χ3v) is 4.16. The standard InChI is InChI=1S/C17H14O3S/c1-20-15-9-14(17(19)21-2)12-7-10-5-3-4-6-11(10)8-13(12)16(15)18/h3-9,18H,1-2H3. The summed E-state index contributed by atoms with van der Waals surface area (Å²) in [4.78, 5) is 12.2. The first-order valence-electron chi connectivity index (χ1n) is 6.46. The number of methoxy groups -OCH3 is 1. The number of ether oxygens (including phenoxy) is 1. The first kappa shape index (κ1) is 13.8. The number of phenols is 1. The van der Waals surface area contributed by atoms with Crippen molar-refractivity contribution in [2.24, 2.45) is 0 Å². The summed E-state index contributed by atoms with van der Waals surface area (Å²) in [6.45, 7) is 0. The van der Waals surface area contributed by atoms with Crippen molar-refractivity contribution in [1.29, 1.82) is 0 Å². The second-order valence-corrected chi connectivity index (χ2v) is 5.49. The molecule has 0 unspecified atom stereocenters. The lowest BCUT2D eigenvalue weighted by Gasteiger charge is -2.12. The molecule has 3 aromatic rings. The highest BCUT2D eigenvalue weighted by molar-refractivity contribution is 8.13. The molecule has 4 heteroatoms. The van der Waals surface area contributed by atoms with Crippen LogP contribution in [0.1, 0.15) is 10.4 Å². The third-order valence-electron chi connectivity index (χ3n) is 3.57. The maximum atomic E-state index is 12.2. The number of carbonyl (C=O) groups excluding carboxylic acids is 1. The molecular weight excluding hydrogens is 284 g/mol. The van der Waals surface area contributed by atoms with Crippen molar-refractivity contribution >= 4 is 38.4 Å². The lowest BCUT2D eigenvalue weighted by atomic mass is 9.99. The van der Waals surface area contributed by atoms with E-state index in [1.54, 1.807) is 12.3 Å². The van der Waals surface area contributed by atoms with E-state index in [0.29, 0.717) is 16.7 Å². The summed E-state index contributed by atoms with van der Waals surface area (Å²) in [5, 5.41) is 13.7. The first-order chi connectivity index (χ1) is 10.2. The Morgan fingerprint density at radius 1 is 1.10 bits per heavy atom. The molecule has 3 aromatic carbocycles. The molecule has 0 fully saturated rings. The minimum Gasteiger partial charge on any atom is -0.504 e. The predicted molar refractivity (Wildman–Crippen MR) is 87.5 cm³/mol. The summed E-state index contributed by atoms with van der Waals surface area (Å²) in [6, 6.07) is 13.3. The molecule has 106 valence electrons. The zero-order chi connectivity index (χ0) is 15.0. The molecule has 0 amide bonds. The molecule has 0 bridgehead atoms. The molecule has 0 radical (unpaired) electrons. The summed E-state index contributed by atoms with van der Waals surface area (Å²) >= 11 is 1.15. The van der Waals surface area contributed by atoms with Crippen LogP contribution >= 0.6 is 11.8 Å². The van der Waals surface area contributed by atoms with E-state index in [9.17, 15) is 9.90 Å². The van der Waals surface area contributed by atoms with Gasteiger partial charge in [-0.1, -0.05) is 36.0 Å². The molecule has 0 aliphatic rings. The molecule has 0 atom stereocenters. The molecule has 0 spiro atoms. The van der Waals surface area contributed by atoms with Crippen LogP contribution in [0.3, 0.4) is 0 Å². The van der Waals surface area contributed by atoms with Crippen molar-refractivity contribution < 1.29 is 14.6 Å². The fourth-order valence-electron chi connectivity index (χ4n) is 2.50. The summed E-state index contributed by atoms with van der Waals surface area (Å²) in [5.41, 5.74) is 0.554. The minimum atomic E-state index is -0.0476. The quantitative estimate of drug-likeness (QED) is 0.720. The van der Waals surface area contributed by atoms with Crippen LogP contribution in [0.15, 0.2) is 42.5 Å². The number of carbonyl (C=O) groups is 1. The highest BCUT2D eigenvalue weighted by atomic mass is 32.2. The van der Waals surface area contributed by atoms with Crippen molar-refractivity contribution in [2.45, 2.75) is 0 Å². The van der Waals surface area contributed by atoms with Crippen LogP contribution in [0.25, 0.3) is 21.5 Å². The third kappa shape index (κ3) is 2.21. The Morgan fingerprint density at radius 3 is 2.29 bits per heavy atom. The van der Waals surface area contributed by atoms with Crippen molar-refractivity contribution in [2.75, 3.05) is 13.4 Å². The lowest BCUT2D eigenvalue weighted by molar-refractivity contribution is 0.109. The van der Waals surface area contributed by atoms with E-state index < -0.39 is 0 Å². The van der Waals surface area contributed by atoms with Crippen LogP contribution in [-0.2, 0) is 0 Å². The molecule has 21 heavy (non-hydrogen) atoms. The van der Waals surface area contributed by atoms with Crippen molar-refractivity contribution in [1.82, 2.24) is 0 Å². The van der Waals surface area contributed by atoms with Crippen LogP contribution in [0, 0.1) is 0 Å². The molecule has 3 rings (SSSR count). The second-order valence-electron chi connectivity index (χ2n) is 4.71. The molecule has 1 N–H and O–H groups in total. The lowest BCUT2D eigenvalue weighted by Crippen LogP contribution is -1.97. The Morgan fingerprint density at radius 2 is 1.71 bits per heavy atom. The highest BCUT2D eigenvalue weighted by Gasteiger charge is 2.17. The molecule has 0 aromatic heterocycles. The minimum absolute atomic E-state index is 0.0476. The van der Waals surface area contributed by atoms with Crippen LogP contribution < -0.4 is 4.74 Å². The largest absolute Gasteiger partial charge is 0.504 e. The number of benzene rings is 3. The molecule has 0 saturated carbocycles. The number of phenolic OH excluding ortho intramolecular Hbond substituents is 1. The average molecular weight is 298 g/mol. The van der Waals surface area contributed by atoms with Crippen molar-refractivity contribution in [3.05, 3.63) is 48.0 Å². The number of hydrogen-bond acceptors (Lipinski definition) is 4. The molecule has 0 saturated heterocycles. The summed E-state index contributed by atoms with van der Waals surface area (Å²) in [7, 11) is 1.48. The van der Waals surface area contributed by atoms with E-state index in [1.807, 2.05) is 36.4 Å². The van der Waals surface area contributed by atoms with Gasteiger partial charge in [0.1, 0.15) is 0 Å². The van der Waals surface area contributed by atoms with Gasteiger partial charge < -0.3 is 9.84 Å². The van der Waals surface area contributed by atoms with Crippen molar-refractivity contribution in [3.63, 3.8) is 0 Å². The van der Waals surface area contributed by atoms with Crippen LogP contribution in [0.4, 0.5) is 0 Å². The van der Waals surface area contributed by atoms with Crippen LogP contribution in [-0.4, -0.2) is 23.6 Å². The van der Waals surface area contributed by atoms with Crippen LogP contribution in [0.2, 0.25) is 0 Å². The number of hydrogen-bond donors (Lipinski definition) is 1. The second kappa shape index (κ2) is 5.30. The van der Waals surface area contributed by atoms with E-state index in [2.05, 4.69) is 0 Å². The van der Waals surface area contributed by atoms with E-state index in [1.165, 1.54) is 7.11 Å². The van der Waals surface area contributed by atoms with Gasteiger partial charge in [-0.25, -0.2) is 0 Å². The van der Waals surface area contributed by atoms with Gasteiger partial charge in [0.25, 0.3) is 0 Å². The fraction of sp³-hybridized carbons (Fsp3) is 0.118. The Kier molecular flexibility index (Phi) is 3.47. The molecular formula is C17H14O3S. The van der Waals surface area contributed by atoms with Gasteiger partial charge in [0.2, 0.25) is 5.12 Å². The number of thioether (sulfide) groups is 1. The first-order valence-corrected chi connectivity index (χ1v) is 7.69. The van der Waals surface area contributed by atoms with Gasteiger partial charge in [-0.3, -0.25) is 4.79 Å². The highest BCUT2D eigenvalue weighted by Crippen LogP contribution is 2.39. The van der Waals surface area contributed by atoms with Gasteiger partial charge in [-0.05, 0) is 40.6 Å². The van der Waals surface area contributed by atoms with E-state index in [0.717, 1.165) is 27.9 Å². The SMILES string of the molecule is COc1cc(C(=O)SC)c2cc3ccccc3cc2c1O. The van der Waals surface area contributed by atoms with Crippen molar-refractivity contribution in [3.8, 4) is 11.5 Å². The van der Waals surface area contributed by atoms with Gasteiger partial charge in [-0.2, -0.15) is 0 Å². The Bertz CT molecular complexity index is 855. The van der Waals surface area contributed by atoms with Gasteiger partial charge >= 0.3 is 0 Å². The smallest absolute Gasteiger partial charge is 0.219 e. The summed E-state index contributed by atoms with van der Waals surface area (Å²) in [6.07, 6.45) is 1.74. The molecule has 0 heterocycles. The summed E-state index contributed by atoms with van der Waals surface area (Å²) in [5.74, 6) is 0.381. The van der Waals surface area contributed by atoms with Gasteiger partial charge in [-0.15, -0.1) is 0 Å².